The van der Waals surface area contributed by atoms with Gasteiger partial charge in [0, 0.05) is 6.04 Å². The molecule has 0 radical (unpaired) electrons. The van der Waals surface area contributed by atoms with Crippen molar-refractivity contribution in [3.05, 3.63) is 35.4 Å². The van der Waals surface area contributed by atoms with Crippen LogP contribution < -0.4 is 5.32 Å². The summed E-state index contributed by atoms with van der Waals surface area (Å²) in [5, 5.41) is 2.86. The van der Waals surface area contributed by atoms with Crippen LogP contribution in [0.3, 0.4) is 0 Å². The van der Waals surface area contributed by atoms with Crippen LogP contribution in [-0.4, -0.2) is 34.8 Å². The Morgan fingerprint density at radius 3 is 2.24 bits per heavy atom. The molecule has 2 atom stereocenters. The molecule has 2 aliphatic rings. The number of benzene rings is 1. The van der Waals surface area contributed by atoms with Gasteiger partial charge in [0.25, 0.3) is 0 Å². The molecule has 0 aromatic heterocycles. The number of fused-ring (bicyclic) bond motifs is 1. The molecule has 1 aromatic carbocycles. The molecule has 1 saturated heterocycles. The number of hydrogen-bond donors (Lipinski definition) is 1. The first kappa shape index (κ1) is 14.1. The van der Waals surface area contributed by atoms with E-state index < -0.39 is 0 Å². The summed E-state index contributed by atoms with van der Waals surface area (Å²) in [5.41, 5.74) is 2.62. The molecule has 112 valence electrons. The fraction of sp³-hybridized carbons (Fsp3) is 0.529. The molecule has 1 aromatic rings. The molecule has 21 heavy (non-hydrogen) atoms. The topological polar surface area (TPSA) is 49.4 Å². The van der Waals surface area contributed by atoms with Gasteiger partial charge in [-0.25, -0.2) is 0 Å². The van der Waals surface area contributed by atoms with E-state index in [0.717, 1.165) is 12.8 Å². The van der Waals surface area contributed by atoms with Gasteiger partial charge in [-0.3, -0.25) is 9.59 Å². The molecule has 1 aliphatic heterocycles. The molecule has 3 rings (SSSR count). The monoisotopic (exact) mass is 286 g/mol. The number of carbonyl (C=O) groups is 2. The number of rotatable bonds is 3. The molecule has 0 bridgehead atoms. The van der Waals surface area contributed by atoms with Gasteiger partial charge in [-0.1, -0.05) is 38.1 Å². The second kappa shape index (κ2) is 5.51. The van der Waals surface area contributed by atoms with Gasteiger partial charge >= 0.3 is 0 Å². The van der Waals surface area contributed by atoms with Crippen molar-refractivity contribution in [3.63, 3.8) is 0 Å². The number of nitrogens with one attached hydrogen (secondary N) is 1. The van der Waals surface area contributed by atoms with E-state index in [-0.39, 0.29) is 29.9 Å². The summed E-state index contributed by atoms with van der Waals surface area (Å²) in [6.07, 6.45) is 3.04. The van der Waals surface area contributed by atoms with E-state index in [1.165, 1.54) is 11.1 Å². The Labute approximate surface area is 125 Å². The van der Waals surface area contributed by atoms with Crippen LogP contribution in [-0.2, 0) is 22.4 Å². The van der Waals surface area contributed by atoms with Crippen molar-refractivity contribution in [1.29, 1.82) is 0 Å². The molecule has 0 spiro atoms. The Bertz CT molecular complexity index is 545. The van der Waals surface area contributed by atoms with Crippen LogP contribution in [0, 0.1) is 0 Å². The highest BCUT2D eigenvalue weighted by atomic mass is 16.2. The van der Waals surface area contributed by atoms with E-state index in [0.29, 0.717) is 12.8 Å². The lowest BCUT2D eigenvalue weighted by Crippen LogP contribution is -2.65. The molecule has 1 heterocycles. The first-order chi connectivity index (χ1) is 10.2. The van der Waals surface area contributed by atoms with Gasteiger partial charge in [0.15, 0.2) is 0 Å². The van der Waals surface area contributed by atoms with Crippen molar-refractivity contribution in [2.24, 2.45) is 0 Å². The highest BCUT2D eigenvalue weighted by Crippen LogP contribution is 2.29. The largest absolute Gasteiger partial charge is 0.343 e. The minimum atomic E-state index is -0.357. The van der Waals surface area contributed by atoms with Gasteiger partial charge in [0.2, 0.25) is 11.8 Å². The lowest BCUT2D eigenvalue weighted by Gasteiger charge is -2.42. The average molecular weight is 286 g/mol. The first-order valence-electron chi connectivity index (χ1n) is 7.85. The third-order valence-corrected chi connectivity index (χ3v) is 4.73. The molecular weight excluding hydrogens is 264 g/mol. The normalized spacial score (nSPS) is 25.9. The standard InChI is InChI=1S/C17H22N2O2/c1-3-14-17(21)19(15(4-2)16(20)18-14)13-9-11-7-5-6-8-12(11)10-13/h5-8,13-15H,3-4,9-10H2,1-2H3,(H,18,20). The summed E-state index contributed by atoms with van der Waals surface area (Å²) in [7, 11) is 0. The van der Waals surface area contributed by atoms with Crippen LogP contribution in [0.2, 0.25) is 0 Å². The van der Waals surface area contributed by atoms with Gasteiger partial charge in [0.05, 0.1) is 0 Å². The summed E-state index contributed by atoms with van der Waals surface area (Å²) < 4.78 is 0. The second-order valence-electron chi connectivity index (χ2n) is 5.97. The van der Waals surface area contributed by atoms with Crippen molar-refractivity contribution >= 4 is 11.8 Å². The van der Waals surface area contributed by atoms with E-state index in [9.17, 15) is 9.59 Å². The van der Waals surface area contributed by atoms with Crippen molar-refractivity contribution in [1.82, 2.24) is 10.2 Å². The van der Waals surface area contributed by atoms with Crippen molar-refractivity contribution in [2.75, 3.05) is 0 Å². The van der Waals surface area contributed by atoms with Crippen molar-refractivity contribution in [3.8, 4) is 0 Å². The van der Waals surface area contributed by atoms with E-state index in [1.54, 1.807) is 0 Å². The Kier molecular flexibility index (Phi) is 3.70. The summed E-state index contributed by atoms with van der Waals surface area (Å²) in [6, 6.07) is 7.78. The van der Waals surface area contributed by atoms with Gasteiger partial charge in [-0.15, -0.1) is 0 Å². The molecule has 1 fully saturated rings. The molecule has 4 nitrogen and oxygen atoms in total. The second-order valence-corrected chi connectivity index (χ2v) is 5.97. The maximum atomic E-state index is 12.7. The van der Waals surface area contributed by atoms with Crippen LogP contribution in [0.4, 0.5) is 0 Å². The van der Waals surface area contributed by atoms with E-state index >= 15 is 0 Å². The Morgan fingerprint density at radius 1 is 1.10 bits per heavy atom. The predicted molar refractivity (Wildman–Crippen MR) is 80.8 cm³/mol. The molecular formula is C17H22N2O2. The first-order valence-corrected chi connectivity index (χ1v) is 7.85. The SMILES string of the molecule is CCC1NC(=O)C(CC)N(C2Cc3ccccc3C2)C1=O. The smallest absolute Gasteiger partial charge is 0.246 e. The highest BCUT2D eigenvalue weighted by Gasteiger charge is 2.43. The Balaban J connectivity index is 1.88. The summed E-state index contributed by atoms with van der Waals surface area (Å²) >= 11 is 0. The maximum absolute atomic E-state index is 12.7. The quantitative estimate of drug-likeness (QED) is 0.919. The Morgan fingerprint density at radius 2 is 1.71 bits per heavy atom. The number of nitrogens with zero attached hydrogens (tertiary/aromatic N) is 1. The lowest BCUT2D eigenvalue weighted by molar-refractivity contribution is -0.152. The summed E-state index contributed by atoms with van der Waals surface area (Å²) in [6.45, 7) is 3.91. The van der Waals surface area contributed by atoms with Gasteiger partial charge < -0.3 is 10.2 Å². The number of hydrogen-bond acceptors (Lipinski definition) is 2. The maximum Gasteiger partial charge on any atom is 0.246 e. The van der Waals surface area contributed by atoms with Crippen LogP contribution in [0.15, 0.2) is 24.3 Å². The van der Waals surface area contributed by atoms with Gasteiger partial charge in [0.1, 0.15) is 12.1 Å². The molecule has 2 amide bonds. The highest BCUT2D eigenvalue weighted by molar-refractivity contribution is 5.97. The zero-order valence-electron chi connectivity index (χ0n) is 12.6. The Hall–Kier alpha value is -1.84. The molecule has 4 heteroatoms. The zero-order valence-corrected chi connectivity index (χ0v) is 12.6. The average Bonchev–Trinajstić information content (AvgIpc) is 2.92. The summed E-state index contributed by atoms with van der Waals surface area (Å²) in [5.74, 6) is 0.0849. The van der Waals surface area contributed by atoms with Crippen molar-refractivity contribution in [2.45, 2.75) is 57.7 Å². The van der Waals surface area contributed by atoms with Crippen LogP contribution in [0.25, 0.3) is 0 Å². The van der Waals surface area contributed by atoms with Crippen molar-refractivity contribution < 1.29 is 9.59 Å². The predicted octanol–water partition coefficient (Wildman–Crippen LogP) is 1.67. The van der Waals surface area contributed by atoms with Crippen LogP contribution in [0.5, 0.6) is 0 Å². The van der Waals surface area contributed by atoms with E-state index in [4.69, 9.17) is 0 Å². The van der Waals surface area contributed by atoms with Gasteiger partial charge in [-0.05, 0) is 36.8 Å². The minimum absolute atomic E-state index is 0.0000869. The third kappa shape index (κ3) is 2.33. The molecule has 2 unspecified atom stereocenters. The fourth-order valence-electron chi connectivity index (χ4n) is 3.62. The number of carbonyl (C=O) groups excluding carboxylic acids is 2. The molecule has 1 N–H and O–H groups in total. The van der Waals surface area contributed by atoms with Gasteiger partial charge in [-0.2, -0.15) is 0 Å². The number of amides is 2. The fourth-order valence-corrected chi connectivity index (χ4v) is 3.62. The summed E-state index contributed by atoms with van der Waals surface area (Å²) in [4.78, 5) is 26.9. The number of piperazine rings is 1. The third-order valence-electron chi connectivity index (χ3n) is 4.73. The molecule has 1 aliphatic carbocycles. The zero-order chi connectivity index (χ0) is 15.0. The minimum Gasteiger partial charge on any atom is -0.343 e. The van der Waals surface area contributed by atoms with E-state index in [2.05, 4.69) is 17.4 Å². The lowest BCUT2D eigenvalue weighted by atomic mass is 9.99. The van der Waals surface area contributed by atoms with E-state index in [1.807, 2.05) is 30.9 Å². The van der Waals surface area contributed by atoms with Crippen LogP contribution >= 0.6 is 0 Å². The molecule has 0 saturated carbocycles. The van der Waals surface area contributed by atoms with Crippen LogP contribution in [0.1, 0.15) is 37.8 Å².